The first-order valence-electron chi connectivity index (χ1n) is 7.84. The van der Waals surface area contributed by atoms with Gasteiger partial charge in [0.15, 0.2) is 0 Å². The normalized spacial score (nSPS) is 19.1. The molecule has 2 aliphatic rings. The van der Waals surface area contributed by atoms with Gasteiger partial charge in [0.05, 0.1) is 11.9 Å². The van der Waals surface area contributed by atoms with Gasteiger partial charge in [-0.3, -0.25) is 9.59 Å². The third-order valence-corrected chi connectivity index (χ3v) is 4.34. The standard InChI is InChI=1S/C15H22N4O2/c20-14-9-13(17-12-5-4-6-12)10-16-19(14)11-15(21)18-7-2-1-3-8-18/h9-10,12,17H,1-8,11H2. The monoisotopic (exact) mass is 290 g/mol. The van der Waals surface area contributed by atoms with Gasteiger partial charge < -0.3 is 10.2 Å². The van der Waals surface area contributed by atoms with Crippen LogP contribution in [0.25, 0.3) is 0 Å². The maximum atomic E-state index is 12.1. The Morgan fingerprint density at radius 1 is 1.24 bits per heavy atom. The van der Waals surface area contributed by atoms with E-state index in [2.05, 4.69) is 10.4 Å². The molecule has 0 radical (unpaired) electrons. The maximum Gasteiger partial charge on any atom is 0.269 e. The van der Waals surface area contributed by atoms with Crippen molar-refractivity contribution in [3.05, 3.63) is 22.6 Å². The molecule has 2 fully saturated rings. The fourth-order valence-electron chi connectivity index (χ4n) is 2.79. The van der Waals surface area contributed by atoms with Crippen molar-refractivity contribution in [2.75, 3.05) is 18.4 Å². The van der Waals surface area contributed by atoms with Crippen LogP contribution in [-0.4, -0.2) is 39.7 Å². The number of carbonyl (C=O) groups excluding carboxylic acids is 1. The molecule has 0 aromatic carbocycles. The topological polar surface area (TPSA) is 67.2 Å². The molecule has 1 aliphatic carbocycles. The van der Waals surface area contributed by atoms with Crippen molar-refractivity contribution in [1.29, 1.82) is 0 Å². The predicted octanol–water partition coefficient (Wildman–Crippen LogP) is 1.22. The number of anilines is 1. The Bertz CT molecular complexity index is 559. The molecular weight excluding hydrogens is 268 g/mol. The molecule has 1 N–H and O–H groups in total. The lowest BCUT2D eigenvalue weighted by molar-refractivity contribution is -0.133. The molecule has 1 aromatic rings. The van der Waals surface area contributed by atoms with Gasteiger partial charge in [-0.15, -0.1) is 0 Å². The van der Waals surface area contributed by atoms with E-state index in [1.165, 1.54) is 23.6 Å². The second-order valence-electron chi connectivity index (χ2n) is 5.95. The molecular formula is C15H22N4O2. The summed E-state index contributed by atoms with van der Waals surface area (Å²) in [4.78, 5) is 26.0. The Labute approximate surface area is 124 Å². The van der Waals surface area contributed by atoms with E-state index in [0.717, 1.165) is 44.5 Å². The van der Waals surface area contributed by atoms with Crippen molar-refractivity contribution >= 4 is 11.6 Å². The summed E-state index contributed by atoms with van der Waals surface area (Å²) in [5.41, 5.74) is 0.538. The van der Waals surface area contributed by atoms with E-state index in [4.69, 9.17) is 0 Å². The number of nitrogens with zero attached hydrogens (tertiary/aromatic N) is 3. The lowest BCUT2D eigenvalue weighted by atomic mass is 9.93. The van der Waals surface area contributed by atoms with Crippen molar-refractivity contribution in [2.24, 2.45) is 0 Å². The fraction of sp³-hybridized carbons (Fsp3) is 0.667. The number of amides is 1. The minimum absolute atomic E-state index is 0.0102. The second kappa shape index (κ2) is 6.28. The average molecular weight is 290 g/mol. The van der Waals surface area contributed by atoms with Gasteiger partial charge in [0.25, 0.3) is 5.56 Å². The molecule has 21 heavy (non-hydrogen) atoms. The van der Waals surface area contributed by atoms with Crippen molar-refractivity contribution in [2.45, 2.75) is 51.1 Å². The van der Waals surface area contributed by atoms with Crippen LogP contribution in [0.15, 0.2) is 17.1 Å². The van der Waals surface area contributed by atoms with Gasteiger partial charge in [0.2, 0.25) is 5.91 Å². The van der Waals surface area contributed by atoms with Crippen LogP contribution in [0.4, 0.5) is 5.69 Å². The van der Waals surface area contributed by atoms with Crippen LogP contribution in [0, 0.1) is 0 Å². The fourth-order valence-corrected chi connectivity index (χ4v) is 2.79. The highest BCUT2D eigenvalue weighted by Gasteiger charge is 2.19. The Morgan fingerprint density at radius 2 is 2.00 bits per heavy atom. The molecule has 1 saturated heterocycles. The molecule has 3 rings (SSSR count). The molecule has 1 saturated carbocycles. The van der Waals surface area contributed by atoms with Gasteiger partial charge in [-0.1, -0.05) is 0 Å². The molecule has 6 nitrogen and oxygen atoms in total. The molecule has 1 aromatic heterocycles. The first-order chi connectivity index (χ1) is 10.2. The number of likely N-dealkylation sites (tertiary alicyclic amines) is 1. The number of nitrogens with one attached hydrogen (secondary N) is 1. The highest BCUT2D eigenvalue weighted by atomic mass is 16.2. The van der Waals surface area contributed by atoms with E-state index >= 15 is 0 Å². The Hall–Kier alpha value is -1.85. The molecule has 0 atom stereocenters. The highest BCUT2D eigenvalue weighted by molar-refractivity contribution is 5.75. The number of piperidine rings is 1. The highest BCUT2D eigenvalue weighted by Crippen LogP contribution is 2.22. The van der Waals surface area contributed by atoms with Crippen molar-refractivity contribution < 1.29 is 4.79 Å². The lowest BCUT2D eigenvalue weighted by Gasteiger charge is -2.27. The molecule has 2 heterocycles. The SMILES string of the molecule is O=C(Cn1ncc(NC2CCC2)cc1=O)N1CCCCC1. The zero-order valence-electron chi connectivity index (χ0n) is 12.3. The van der Waals surface area contributed by atoms with E-state index < -0.39 is 0 Å². The number of hydrogen-bond acceptors (Lipinski definition) is 4. The number of aromatic nitrogens is 2. The molecule has 0 bridgehead atoms. The van der Waals surface area contributed by atoms with Crippen molar-refractivity contribution in [3.63, 3.8) is 0 Å². The van der Waals surface area contributed by atoms with Gasteiger partial charge in [-0.05, 0) is 38.5 Å². The minimum Gasteiger partial charge on any atom is -0.381 e. The summed E-state index contributed by atoms with van der Waals surface area (Å²) in [6, 6.07) is 2.01. The summed E-state index contributed by atoms with van der Waals surface area (Å²) in [6.07, 6.45) is 8.48. The van der Waals surface area contributed by atoms with Crippen molar-refractivity contribution in [1.82, 2.24) is 14.7 Å². The quantitative estimate of drug-likeness (QED) is 0.905. The van der Waals surface area contributed by atoms with Crippen LogP contribution < -0.4 is 10.9 Å². The third-order valence-electron chi connectivity index (χ3n) is 4.34. The Morgan fingerprint density at radius 3 is 2.62 bits per heavy atom. The zero-order chi connectivity index (χ0) is 14.7. The third kappa shape index (κ3) is 3.43. The minimum atomic E-state index is -0.218. The summed E-state index contributed by atoms with van der Waals surface area (Å²) >= 11 is 0. The lowest BCUT2D eigenvalue weighted by Crippen LogP contribution is -2.40. The van der Waals surface area contributed by atoms with Crippen LogP contribution in [0.5, 0.6) is 0 Å². The molecule has 6 heteroatoms. The second-order valence-corrected chi connectivity index (χ2v) is 5.95. The summed E-state index contributed by atoms with van der Waals surface area (Å²) < 4.78 is 1.25. The number of rotatable bonds is 4. The summed E-state index contributed by atoms with van der Waals surface area (Å²) in [5, 5.41) is 7.41. The molecule has 0 unspecified atom stereocenters. The van der Waals surface area contributed by atoms with Crippen molar-refractivity contribution in [3.8, 4) is 0 Å². The van der Waals surface area contributed by atoms with Crippen LogP contribution in [-0.2, 0) is 11.3 Å². The van der Waals surface area contributed by atoms with Gasteiger partial charge in [0.1, 0.15) is 6.54 Å². The molecule has 0 spiro atoms. The van der Waals surface area contributed by atoms with E-state index in [1.807, 2.05) is 4.90 Å². The van der Waals surface area contributed by atoms with E-state index in [0.29, 0.717) is 6.04 Å². The molecule has 1 aliphatic heterocycles. The number of hydrogen-bond donors (Lipinski definition) is 1. The van der Waals surface area contributed by atoms with E-state index in [1.54, 1.807) is 6.20 Å². The summed E-state index contributed by atoms with van der Waals surface area (Å²) in [5.74, 6) is -0.0102. The first-order valence-corrected chi connectivity index (χ1v) is 7.84. The van der Waals surface area contributed by atoms with Crippen LogP contribution in [0.2, 0.25) is 0 Å². The largest absolute Gasteiger partial charge is 0.381 e. The molecule has 1 amide bonds. The van der Waals surface area contributed by atoms with Gasteiger partial charge in [0, 0.05) is 25.2 Å². The Kier molecular flexibility index (Phi) is 4.22. The maximum absolute atomic E-state index is 12.1. The number of carbonyl (C=O) groups is 1. The van der Waals surface area contributed by atoms with Gasteiger partial charge in [-0.2, -0.15) is 5.10 Å². The molecule has 114 valence electrons. The average Bonchev–Trinajstić information content (AvgIpc) is 2.46. The van der Waals surface area contributed by atoms with Crippen LogP contribution in [0.1, 0.15) is 38.5 Å². The van der Waals surface area contributed by atoms with E-state index in [9.17, 15) is 9.59 Å². The summed E-state index contributed by atoms with van der Waals surface area (Å²) in [7, 11) is 0. The van der Waals surface area contributed by atoms with E-state index in [-0.39, 0.29) is 18.0 Å². The zero-order valence-corrected chi connectivity index (χ0v) is 12.3. The Balaban J connectivity index is 1.62. The van der Waals surface area contributed by atoms with Crippen LogP contribution >= 0.6 is 0 Å². The van der Waals surface area contributed by atoms with Gasteiger partial charge >= 0.3 is 0 Å². The van der Waals surface area contributed by atoms with Crippen LogP contribution in [0.3, 0.4) is 0 Å². The smallest absolute Gasteiger partial charge is 0.269 e. The predicted molar refractivity (Wildman–Crippen MR) is 80.2 cm³/mol. The summed E-state index contributed by atoms with van der Waals surface area (Å²) in [6.45, 7) is 1.65. The first kappa shape index (κ1) is 14.1. The van der Waals surface area contributed by atoms with Gasteiger partial charge in [-0.25, -0.2) is 4.68 Å².